The van der Waals surface area contributed by atoms with Crippen LogP contribution in [0.2, 0.25) is 0 Å². The zero-order valence-corrected chi connectivity index (χ0v) is 16.6. The van der Waals surface area contributed by atoms with Crippen LogP contribution in [0.3, 0.4) is 0 Å². The summed E-state index contributed by atoms with van der Waals surface area (Å²) in [6, 6.07) is 5.64. The van der Waals surface area contributed by atoms with Crippen LogP contribution in [-0.4, -0.2) is 45.1 Å². The molecule has 1 aromatic carbocycles. The van der Waals surface area contributed by atoms with Gasteiger partial charge in [-0.25, -0.2) is 12.7 Å². The molecule has 3 rings (SSSR count). The maximum atomic E-state index is 13.2. The Morgan fingerprint density at radius 3 is 2.58 bits per heavy atom. The van der Waals surface area contributed by atoms with Crippen LogP contribution in [0.5, 0.6) is 5.75 Å². The lowest BCUT2D eigenvalue weighted by molar-refractivity contribution is -0.123. The summed E-state index contributed by atoms with van der Waals surface area (Å²) in [5.74, 6) is 0.171. The summed E-state index contributed by atoms with van der Waals surface area (Å²) < 4.78 is 31.0. The molecule has 26 heavy (non-hydrogen) atoms. The van der Waals surface area contributed by atoms with E-state index in [2.05, 4.69) is 5.32 Å². The molecule has 1 saturated carbocycles. The van der Waals surface area contributed by atoms with Crippen LogP contribution in [0.15, 0.2) is 18.2 Å². The molecule has 1 aliphatic heterocycles. The molecule has 7 heteroatoms. The first kappa shape index (κ1) is 19.2. The number of carbonyl (C=O) groups is 1. The highest BCUT2D eigenvalue weighted by Gasteiger charge is 2.52. The Morgan fingerprint density at radius 1 is 1.27 bits per heavy atom. The number of rotatable bonds is 4. The van der Waals surface area contributed by atoms with E-state index in [0.29, 0.717) is 18.0 Å². The second kappa shape index (κ2) is 7.19. The van der Waals surface area contributed by atoms with Crippen LogP contribution >= 0.6 is 0 Å². The van der Waals surface area contributed by atoms with E-state index < -0.39 is 10.0 Å². The molecule has 1 N–H and O–H groups in total. The lowest BCUT2D eigenvalue weighted by Crippen LogP contribution is -2.39. The quantitative estimate of drug-likeness (QED) is 0.871. The zero-order chi connectivity index (χ0) is 18.9. The molecule has 1 aromatic rings. The van der Waals surface area contributed by atoms with E-state index >= 15 is 0 Å². The molecule has 1 heterocycles. The van der Waals surface area contributed by atoms with Crippen molar-refractivity contribution in [1.82, 2.24) is 4.31 Å². The lowest BCUT2D eigenvalue weighted by atomic mass is 9.67. The van der Waals surface area contributed by atoms with Gasteiger partial charge in [-0.05, 0) is 42.9 Å². The summed E-state index contributed by atoms with van der Waals surface area (Å²) >= 11 is 0. The monoisotopic (exact) mass is 380 g/mol. The molecule has 1 aliphatic carbocycles. The minimum Gasteiger partial charge on any atom is -0.495 e. The molecule has 0 bridgehead atoms. The molecule has 1 unspecified atom stereocenters. The fourth-order valence-corrected chi connectivity index (χ4v) is 5.35. The van der Waals surface area contributed by atoms with Crippen LogP contribution in [0, 0.1) is 18.3 Å². The SMILES string of the molecule is COc1ccc(C)cc1NC(=O)C1CN(S(C)(=O)=O)CC12CCCCC2. The van der Waals surface area contributed by atoms with Crippen molar-refractivity contribution in [1.29, 1.82) is 0 Å². The largest absolute Gasteiger partial charge is 0.495 e. The molecule has 1 amide bonds. The summed E-state index contributed by atoms with van der Waals surface area (Å²) in [4.78, 5) is 13.2. The maximum absolute atomic E-state index is 13.2. The van der Waals surface area contributed by atoms with Gasteiger partial charge in [-0.2, -0.15) is 0 Å². The van der Waals surface area contributed by atoms with E-state index in [1.165, 1.54) is 10.6 Å². The van der Waals surface area contributed by atoms with Gasteiger partial charge in [0, 0.05) is 13.1 Å². The molecular weight excluding hydrogens is 352 g/mol. The van der Waals surface area contributed by atoms with Gasteiger partial charge >= 0.3 is 0 Å². The third-order valence-corrected chi connectivity index (χ3v) is 7.08. The third kappa shape index (κ3) is 3.74. The van der Waals surface area contributed by atoms with Gasteiger partial charge in [0.25, 0.3) is 0 Å². The summed E-state index contributed by atoms with van der Waals surface area (Å²) in [5.41, 5.74) is 1.42. The van der Waals surface area contributed by atoms with E-state index in [1.54, 1.807) is 7.11 Å². The van der Waals surface area contributed by atoms with Gasteiger partial charge in [0.05, 0.1) is 25.0 Å². The van der Waals surface area contributed by atoms with Crippen molar-refractivity contribution >= 4 is 21.6 Å². The average Bonchev–Trinajstić information content (AvgIpc) is 2.95. The first-order valence-electron chi connectivity index (χ1n) is 9.16. The highest BCUT2D eigenvalue weighted by molar-refractivity contribution is 7.88. The third-order valence-electron chi connectivity index (χ3n) is 5.86. The number of nitrogens with one attached hydrogen (secondary N) is 1. The van der Waals surface area contributed by atoms with Crippen LogP contribution in [0.4, 0.5) is 5.69 Å². The average molecular weight is 381 g/mol. The number of aryl methyl sites for hydroxylation is 1. The van der Waals surface area contributed by atoms with Gasteiger partial charge in [0.1, 0.15) is 5.75 Å². The number of anilines is 1. The van der Waals surface area contributed by atoms with Crippen LogP contribution in [0.25, 0.3) is 0 Å². The predicted molar refractivity (Wildman–Crippen MR) is 102 cm³/mol. The number of sulfonamides is 1. The molecule has 2 aliphatic rings. The molecule has 0 aromatic heterocycles. The minimum absolute atomic E-state index is 0.109. The van der Waals surface area contributed by atoms with E-state index in [-0.39, 0.29) is 23.8 Å². The minimum atomic E-state index is -3.31. The number of hydrogen-bond donors (Lipinski definition) is 1. The number of ether oxygens (including phenoxy) is 1. The normalized spacial score (nSPS) is 23.1. The molecule has 6 nitrogen and oxygen atoms in total. The summed E-state index contributed by atoms with van der Waals surface area (Å²) in [6.07, 6.45) is 6.29. The number of carbonyl (C=O) groups excluding carboxylic acids is 1. The van der Waals surface area contributed by atoms with Crippen molar-refractivity contribution in [3.05, 3.63) is 23.8 Å². The van der Waals surface area contributed by atoms with Gasteiger partial charge in [-0.1, -0.05) is 25.3 Å². The van der Waals surface area contributed by atoms with Gasteiger partial charge in [-0.3, -0.25) is 4.79 Å². The molecule has 1 spiro atoms. The Kier molecular flexibility index (Phi) is 5.30. The summed E-state index contributed by atoms with van der Waals surface area (Å²) in [5, 5.41) is 3.00. The Hall–Kier alpha value is -1.60. The first-order valence-corrected chi connectivity index (χ1v) is 11.0. The topological polar surface area (TPSA) is 75.7 Å². The van der Waals surface area contributed by atoms with E-state index in [9.17, 15) is 13.2 Å². The predicted octanol–water partition coefficient (Wildman–Crippen LogP) is 2.78. The van der Waals surface area contributed by atoms with Gasteiger partial charge in [-0.15, -0.1) is 0 Å². The zero-order valence-electron chi connectivity index (χ0n) is 15.7. The Labute approximate surface area is 156 Å². The molecule has 1 atom stereocenters. The van der Waals surface area contributed by atoms with Gasteiger partial charge in [0.15, 0.2) is 0 Å². The smallest absolute Gasteiger partial charge is 0.229 e. The molecular formula is C19H28N2O4S. The molecule has 0 radical (unpaired) electrons. The number of amides is 1. The van der Waals surface area contributed by atoms with Crippen molar-refractivity contribution in [3.8, 4) is 5.75 Å². The van der Waals surface area contributed by atoms with E-state index in [1.807, 2.05) is 25.1 Å². The van der Waals surface area contributed by atoms with Crippen LogP contribution in [-0.2, 0) is 14.8 Å². The van der Waals surface area contributed by atoms with Crippen molar-refractivity contribution in [3.63, 3.8) is 0 Å². The lowest BCUT2D eigenvalue weighted by Gasteiger charge is -2.37. The first-order chi connectivity index (χ1) is 12.2. The second-order valence-electron chi connectivity index (χ2n) is 7.72. The van der Waals surface area contributed by atoms with Crippen molar-refractivity contribution in [2.75, 3.05) is 31.8 Å². The van der Waals surface area contributed by atoms with Crippen LogP contribution < -0.4 is 10.1 Å². The fourth-order valence-electron chi connectivity index (χ4n) is 4.44. The number of methoxy groups -OCH3 is 1. The van der Waals surface area contributed by atoms with E-state index in [0.717, 1.165) is 37.7 Å². The fraction of sp³-hybridized carbons (Fsp3) is 0.632. The van der Waals surface area contributed by atoms with Crippen LogP contribution in [0.1, 0.15) is 37.7 Å². The Balaban J connectivity index is 1.87. The molecule has 144 valence electrons. The molecule has 1 saturated heterocycles. The van der Waals surface area contributed by atoms with Crippen molar-refractivity contribution in [2.45, 2.75) is 39.0 Å². The highest BCUT2D eigenvalue weighted by atomic mass is 32.2. The number of nitrogens with zero attached hydrogens (tertiary/aromatic N) is 1. The summed E-state index contributed by atoms with van der Waals surface area (Å²) in [6.45, 7) is 2.67. The molecule has 2 fully saturated rings. The van der Waals surface area contributed by atoms with Gasteiger partial charge < -0.3 is 10.1 Å². The van der Waals surface area contributed by atoms with E-state index in [4.69, 9.17) is 4.74 Å². The number of hydrogen-bond acceptors (Lipinski definition) is 4. The second-order valence-corrected chi connectivity index (χ2v) is 9.71. The van der Waals surface area contributed by atoms with Crippen molar-refractivity contribution < 1.29 is 17.9 Å². The van der Waals surface area contributed by atoms with Gasteiger partial charge in [0.2, 0.25) is 15.9 Å². The maximum Gasteiger partial charge on any atom is 0.229 e. The number of benzene rings is 1. The highest BCUT2D eigenvalue weighted by Crippen LogP contribution is 2.48. The van der Waals surface area contributed by atoms with Crippen molar-refractivity contribution in [2.24, 2.45) is 11.3 Å². The Bertz CT molecular complexity index is 785. The summed E-state index contributed by atoms with van der Waals surface area (Å²) in [7, 11) is -1.73. The standard InChI is InChI=1S/C19H28N2O4S/c1-14-7-8-17(25-2)16(11-14)20-18(22)15-12-21(26(3,23)24)13-19(15)9-5-4-6-10-19/h7-8,11,15H,4-6,9-10,12-13H2,1-3H3,(H,20,22). The Morgan fingerprint density at radius 2 is 1.96 bits per heavy atom.